The van der Waals surface area contributed by atoms with Crippen molar-refractivity contribution in [2.24, 2.45) is 0 Å². The standard InChI is InChI=1S/C5H5NO2S.ClH/c7-5(8)3-4-6-1-2-9-4;/h1-2H,3H2,(H,7,8);1H. The normalized spacial score (nSPS) is 8.40. The Morgan fingerprint density at radius 1 is 1.80 bits per heavy atom. The van der Waals surface area contributed by atoms with Crippen LogP contribution >= 0.6 is 23.7 Å². The number of halogens is 1. The van der Waals surface area contributed by atoms with Gasteiger partial charge in [-0.1, -0.05) is 0 Å². The highest BCUT2D eigenvalue weighted by atomic mass is 35.5. The maximum atomic E-state index is 10.0. The van der Waals surface area contributed by atoms with Crippen LogP contribution in [-0.4, -0.2) is 16.1 Å². The number of carboxylic acids is 1. The van der Waals surface area contributed by atoms with Crippen molar-refractivity contribution in [1.82, 2.24) is 4.98 Å². The minimum atomic E-state index is -0.829. The van der Waals surface area contributed by atoms with E-state index in [9.17, 15) is 4.79 Å². The van der Waals surface area contributed by atoms with Crippen LogP contribution in [0.25, 0.3) is 0 Å². The van der Waals surface area contributed by atoms with Crippen molar-refractivity contribution in [3.8, 4) is 0 Å². The first kappa shape index (κ1) is 9.39. The van der Waals surface area contributed by atoms with E-state index in [1.54, 1.807) is 11.6 Å². The van der Waals surface area contributed by atoms with Crippen LogP contribution in [0.4, 0.5) is 0 Å². The third-order valence-electron chi connectivity index (χ3n) is 0.786. The lowest BCUT2D eigenvalue weighted by Crippen LogP contribution is -1.98. The number of carboxylic acid groups (broad SMARTS) is 1. The largest absolute Gasteiger partial charge is 0.481 e. The van der Waals surface area contributed by atoms with Crippen LogP contribution in [0.3, 0.4) is 0 Å². The molecule has 0 radical (unpaired) electrons. The number of carbonyl (C=O) groups is 1. The van der Waals surface area contributed by atoms with Gasteiger partial charge in [0.25, 0.3) is 0 Å². The van der Waals surface area contributed by atoms with Gasteiger partial charge in [-0.25, -0.2) is 4.98 Å². The fourth-order valence-electron chi connectivity index (χ4n) is 0.470. The number of hydrogen-bond donors (Lipinski definition) is 1. The molecule has 10 heavy (non-hydrogen) atoms. The van der Waals surface area contributed by atoms with E-state index in [1.165, 1.54) is 11.3 Å². The zero-order chi connectivity index (χ0) is 6.69. The van der Waals surface area contributed by atoms with E-state index in [0.29, 0.717) is 5.01 Å². The van der Waals surface area contributed by atoms with Crippen LogP contribution < -0.4 is 0 Å². The van der Waals surface area contributed by atoms with E-state index < -0.39 is 5.97 Å². The Kier molecular flexibility index (Phi) is 3.99. The summed E-state index contributed by atoms with van der Waals surface area (Å²) >= 11 is 1.36. The lowest BCUT2D eigenvalue weighted by atomic mass is 10.5. The quantitative estimate of drug-likeness (QED) is 0.742. The highest BCUT2D eigenvalue weighted by Gasteiger charge is 2.00. The van der Waals surface area contributed by atoms with Crippen molar-refractivity contribution in [2.45, 2.75) is 6.42 Å². The van der Waals surface area contributed by atoms with Gasteiger partial charge in [0, 0.05) is 11.6 Å². The molecule has 1 aromatic heterocycles. The second-order valence-electron chi connectivity index (χ2n) is 1.50. The summed E-state index contributed by atoms with van der Waals surface area (Å²) in [5.74, 6) is -0.829. The first-order valence-electron chi connectivity index (χ1n) is 2.39. The zero-order valence-corrected chi connectivity index (χ0v) is 6.61. The molecule has 1 aromatic rings. The van der Waals surface area contributed by atoms with Gasteiger partial charge in [-0.05, 0) is 0 Å². The third-order valence-corrected chi connectivity index (χ3v) is 1.57. The zero-order valence-electron chi connectivity index (χ0n) is 4.98. The first-order chi connectivity index (χ1) is 4.29. The molecule has 0 saturated heterocycles. The van der Waals surface area contributed by atoms with Crippen molar-refractivity contribution in [1.29, 1.82) is 0 Å². The average Bonchev–Trinajstić information content (AvgIpc) is 2.15. The monoisotopic (exact) mass is 179 g/mol. The number of hydrogen-bond acceptors (Lipinski definition) is 3. The Morgan fingerprint density at radius 3 is 2.90 bits per heavy atom. The summed E-state index contributed by atoms with van der Waals surface area (Å²) in [6, 6.07) is 0. The lowest BCUT2D eigenvalue weighted by Gasteiger charge is -1.83. The van der Waals surface area contributed by atoms with Gasteiger partial charge in [0.15, 0.2) is 0 Å². The van der Waals surface area contributed by atoms with E-state index in [-0.39, 0.29) is 18.8 Å². The number of thiazole rings is 1. The predicted octanol–water partition coefficient (Wildman–Crippen LogP) is 1.19. The number of rotatable bonds is 2. The van der Waals surface area contributed by atoms with Crippen molar-refractivity contribution in [3.63, 3.8) is 0 Å². The molecule has 56 valence electrons. The van der Waals surface area contributed by atoms with Crippen LogP contribution in [0.5, 0.6) is 0 Å². The Balaban J connectivity index is 0.000000810. The van der Waals surface area contributed by atoms with Gasteiger partial charge in [-0.3, -0.25) is 4.79 Å². The fraction of sp³-hybridized carbons (Fsp3) is 0.200. The molecule has 0 amide bonds. The molecule has 0 aromatic carbocycles. The van der Waals surface area contributed by atoms with Gasteiger partial charge in [0.2, 0.25) is 0 Å². The molecule has 0 spiro atoms. The maximum absolute atomic E-state index is 10.0. The third kappa shape index (κ3) is 2.80. The van der Waals surface area contributed by atoms with Crippen molar-refractivity contribution < 1.29 is 9.90 Å². The van der Waals surface area contributed by atoms with Gasteiger partial charge < -0.3 is 5.11 Å². The van der Waals surface area contributed by atoms with Crippen LogP contribution in [0.15, 0.2) is 11.6 Å². The molecular formula is C5H6ClNO2S. The van der Waals surface area contributed by atoms with Crippen molar-refractivity contribution in [2.75, 3.05) is 0 Å². The summed E-state index contributed by atoms with van der Waals surface area (Å²) < 4.78 is 0. The van der Waals surface area contributed by atoms with Gasteiger partial charge in [-0.15, -0.1) is 23.7 Å². The molecule has 0 atom stereocenters. The van der Waals surface area contributed by atoms with E-state index in [1.807, 2.05) is 0 Å². The second kappa shape index (κ2) is 4.24. The molecule has 5 heteroatoms. The van der Waals surface area contributed by atoms with E-state index in [2.05, 4.69) is 4.98 Å². The minimum absolute atomic E-state index is 0. The molecule has 1 rings (SSSR count). The van der Waals surface area contributed by atoms with Crippen LogP contribution in [0.2, 0.25) is 0 Å². The maximum Gasteiger partial charge on any atom is 0.310 e. The first-order valence-corrected chi connectivity index (χ1v) is 3.27. The Morgan fingerprint density at radius 2 is 2.50 bits per heavy atom. The lowest BCUT2D eigenvalue weighted by molar-refractivity contribution is -0.136. The van der Waals surface area contributed by atoms with E-state index in [0.717, 1.165) is 0 Å². The smallest absolute Gasteiger partial charge is 0.310 e. The van der Waals surface area contributed by atoms with Crippen molar-refractivity contribution in [3.05, 3.63) is 16.6 Å². The van der Waals surface area contributed by atoms with E-state index in [4.69, 9.17) is 5.11 Å². The molecule has 0 unspecified atom stereocenters. The summed E-state index contributed by atoms with van der Waals surface area (Å²) in [6.45, 7) is 0. The predicted molar refractivity (Wildman–Crippen MR) is 40.7 cm³/mol. The molecule has 0 bridgehead atoms. The van der Waals surface area contributed by atoms with Crippen molar-refractivity contribution >= 4 is 29.7 Å². The molecule has 0 fully saturated rings. The number of aromatic nitrogens is 1. The molecule has 1 N–H and O–H groups in total. The van der Waals surface area contributed by atoms with E-state index >= 15 is 0 Å². The molecule has 3 nitrogen and oxygen atoms in total. The molecule has 0 aliphatic heterocycles. The molecule has 1 heterocycles. The summed E-state index contributed by atoms with van der Waals surface area (Å²) in [4.78, 5) is 13.8. The number of nitrogens with zero attached hydrogens (tertiary/aromatic N) is 1. The van der Waals surface area contributed by atoms with Gasteiger partial charge in [-0.2, -0.15) is 0 Å². The van der Waals surface area contributed by atoms with Gasteiger partial charge in [0.1, 0.15) is 5.01 Å². The average molecular weight is 180 g/mol. The molecule has 0 aliphatic rings. The second-order valence-corrected chi connectivity index (χ2v) is 2.48. The Hall–Kier alpha value is -0.610. The van der Waals surface area contributed by atoms with Gasteiger partial charge >= 0.3 is 5.97 Å². The van der Waals surface area contributed by atoms with Gasteiger partial charge in [0.05, 0.1) is 6.42 Å². The molecule has 0 saturated carbocycles. The minimum Gasteiger partial charge on any atom is -0.481 e. The Labute approximate surface area is 68.1 Å². The topological polar surface area (TPSA) is 50.2 Å². The molecular weight excluding hydrogens is 174 g/mol. The fourth-order valence-corrected chi connectivity index (χ4v) is 1.08. The highest BCUT2D eigenvalue weighted by Crippen LogP contribution is 2.03. The van der Waals surface area contributed by atoms with Crippen LogP contribution in [0.1, 0.15) is 5.01 Å². The highest BCUT2D eigenvalue weighted by molar-refractivity contribution is 7.09. The van der Waals surface area contributed by atoms with Crippen LogP contribution in [0, 0.1) is 0 Å². The SMILES string of the molecule is Cl.O=C(O)Cc1nccs1. The summed E-state index contributed by atoms with van der Waals surface area (Å²) in [6.07, 6.45) is 1.64. The summed E-state index contributed by atoms with van der Waals surface area (Å²) in [7, 11) is 0. The summed E-state index contributed by atoms with van der Waals surface area (Å²) in [5, 5.41) is 10.7. The number of aliphatic carboxylic acids is 1. The summed E-state index contributed by atoms with van der Waals surface area (Å²) in [5.41, 5.74) is 0. The molecule has 0 aliphatic carbocycles. The Bertz CT molecular complexity index is 199. The van der Waals surface area contributed by atoms with Crippen LogP contribution in [-0.2, 0) is 11.2 Å².